The van der Waals surface area contributed by atoms with Crippen molar-refractivity contribution < 1.29 is 23.9 Å². The smallest absolute Gasteiger partial charge is 0.326 e. The predicted octanol–water partition coefficient (Wildman–Crippen LogP) is 1.54. The SMILES string of the molecule is CC(=O)c1cccc(NC(=O)COC(=O)CN2CCSC2=O)c1. The summed E-state index contributed by atoms with van der Waals surface area (Å²) in [7, 11) is 0. The van der Waals surface area contributed by atoms with Crippen LogP contribution in [0, 0.1) is 0 Å². The van der Waals surface area contributed by atoms with E-state index in [-0.39, 0.29) is 17.6 Å². The molecule has 122 valence electrons. The molecule has 1 aromatic rings. The summed E-state index contributed by atoms with van der Waals surface area (Å²) in [6, 6.07) is 6.46. The first-order valence-electron chi connectivity index (χ1n) is 6.94. The van der Waals surface area contributed by atoms with Crippen molar-refractivity contribution in [2.75, 3.05) is 30.8 Å². The van der Waals surface area contributed by atoms with Crippen LogP contribution in [0.3, 0.4) is 0 Å². The number of hydrogen-bond donors (Lipinski definition) is 1. The highest BCUT2D eigenvalue weighted by Gasteiger charge is 2.24. The Hall–Kier alpha value is -2.35. The third-order valence-corrected chi connectivity index (χ3v) is 3.97. The number of nitrogens with zero attached hydrogens (tertiary/aromatic N) is 1. The Bertz CT molecular complexity index is 647. The monoisotopic (exact) mass is 336 g/mol. The molecule has 1 heterocycles. The van der Waals surface area contributed by atoms with Gasteiger partial charge in [-0.25, -0.2) is 0 Å². The lowest BCUT2D eigenvalue weighted by Gasteiger charge is -2.13. The highest BCUT2D eigenvalue weighted by atomic mass is 32.2. The Morgan fingerprint density at radius 3 is 2.78 bits per heavy atom. The first kappa shape index (κ1) is 17.0. The molecule has 0 bridgehead atoms. The van der Waals surface area contributed by atoms with Gasteiger partial charge in [0.15, 0.2) is 12.4 Å². The summed E-state index contributed by atoms with van der Waals surface area (Å²) in [5.41, 5.74) is 0.926. The number of esters is 1. The van der Waals surface area contributed by atoms with Gasteiger partial charge >= 0.3 is 5.97 Å². The second-order valence-electron chi connectivity index (χ2n) is 4.88. The van der Waals surface area contributed by atoms with Crippen LogP contribution < -0.4 is 5.32 Å². The standard InChI is InChI=1S/C15H16N2O5S/c1-10(18)11-3-2-4-12(7-11)16-13(19)9-22-14(20)8-17-5-6-23-15(17)21/h2-4,7H,5-6,8-9H2,1H3,(H,16,19). The van der Waals surface area contributed by atoms with Gasteiger partial charge in [-0.2, -0.15) is 0 Å². The second-order valence-corrected chi connectivity index (χ2v) is 5.93. The molecule has 8 heteroatoms. The Morgan fingerprint density at radius 1 is 1.35 bits per heavy atom. The predicted molar refractivity (Wildman–Crippen MR) is 85.5 cm³/mol. The number of thioether (sulfide) groups is 1. The molecule has 2 rings (SSSR count). The number of amides is 2. The summed E-state index contributed by atoms with van der Waals surface area (Å²) in [6.45, 7) is 1.33. The van der Waals surface area contributed by atoms with E-state index in [9.17, 15) is 19.2 Å². The Labute approximate surface area is 137 Å². The van der Waals surface area contributed by atoms with Crippen molar-refractivity contribution >= 4 is 40.3 Å². The number of carbonyl (C=O) groups is 4. The summed E-state index contributed by atoms with van der Waals surface area (Å²) in [4.78, 5) is 47.3. The van der Waals surface area contributed by atoms with Crippen molar-refractivity contribution in [3.63, 3.8) is 0 Å². The third-order valence-electron chi connectivity index (χ3n) is 3.08. The van der Waals surface area contributed by atoms with Crippen LogP contribution in [-0.2, 0) is 14.3 Å². The van der Waals surface area contributed by atoms with E-state index < -0.39 is 18.5 Å². The van der Waals surface area contributed by atoms with Crippen LogP contribution in [0.25, 0.3) is 0 Å². The van der Waals surface area contributed by atoms with E-state index in [1.54, 1.807) is 24.3 Å². The summed E-state index contributed by atoms with van der Waals surface area (Å²) >= 11 is 1.15. The van der Waals surface area contributed by atoms with E-state index in [0.29, 0.717) is 23.5 Å². The van der Waals surface area contributed by atoms with Crippen LogP contribution in [0.15, 0.2) is 24.3 Å². The zero-order valence-electron chi connectivity index (χ0n) is 12.5. The first-order chi connectivity index (χ1) is 11.0. The van der Waals surface area contributed by atoms with Gasteiger partial charge in [0, 0.05) is 23.5 Å². The molecule has 1 N–H and O–H groups in total. The minimum atomic E-state index is -0.631. The summed E-state index contributed by atoms with van der Waals surface area (Å²) in [6.07, 6.45) is 0. The van der Waals surface area contributed by atoms with Crippen LogP contribution in [0.2, 0.25) is 0 Å². The maximum Gasteiger partial charge on any atom is 0.326 e. The number of nitrogens with one attached hydrogen (secondary N) is 1. The molecule has 0 aliphatic carbocycles. The largest absolute Gasteiger partial charge is 0.454 e. The van der Waals surface area contributed by atoms with Crippen molar-refractivity contribution in [2.45, 2.75) is 6.92 Å². The fraction of sp³-hybridized carbons (Fsp3) is 0.333. The molecule has 1 saturated heterocycles. The van der Waals surface area contributed by atoms with Gasteiger partial charge in [-0.15, -0.1) is 0 Å². The number of hydrogen-bond acceptors (Lipinski definition) is 6. The lowest BCUT2D eigenvalue weighted by molar-refractivity contribution is -0.147. The van der Waals surface area contributed by atoms with Gasteiger partial charge in [-0.1, -0.05) is 23.9 Å². The number of anilines is 1. The van der Waals surface area contributed by atoms with Crippen molar-refractivity contribution in [1.29, 1.82) is 0 Å². The van der Waals surface area contributed by atoms with E-state index in [2.05, 4.69) is 5.32 Å². The number of Topliss-reactive ketones (excluding diaryl/α,β-unsaturated/α-hetero) is 1. The van der Waals surface area contributed by atoms with Gasteiger partial charge in [0.25, 0.3) is 11.1 Å². The van der Waals surface area contributed by atoms with Gasteiger partial charge in [-0.05, 0) is 19.1 Å². The molecule has 1 fully saturated rings. The number of carbonyl (C=O) groups excluding carboxylic acids is 4. The first-order valence-corrected chi connectivity index (χ1v) is 7.92. The fourth-order valence-electron chi connectivity index (χ4n) is 1.93. The third kappa shape index (κ3) is 5.10. The molecule has 2 amide bonds. The summed E-state index contributed by atoms with van der Waals surface area (Å²) in [5, 5.41) is 2.38. The zero-order chi connectivity index (χ0) is 16.8. The molecule has 1 aliphatic rings. The Morgan fingerprint density at radius 2 is 2.13 bits per heavy atom. The van der Waals surface area contributed by atoms with E-state index in [1.165, 1.54) is 11.8 Å². The number of benzene rings is 1. The molecule has 0 saturated carbocycles. The minimum Gasteiger partial charge on any atom is -0.454 e. The number of rotatable bonds is 6. The minimum absolute atomic E-state index is 0.110. The van der Waals surface area contributed by atoms with E-state index in [4.69, 9.17) is 4.74 Å². The van der Waals surface area contributed by atoms with Crippen molar-refractivity contribution in [2.24, 2.45) is 0 Å². The van der Waals surface area contributed by atoms with Crippen LogP contribution in [0.4, 0.5) is 10.5 Å². The second kappa shape index (κ2) is 7.77. The van der Waals surface area contributed by atoms with E-state index in [0.717, 1.165) is 11.8 Å². The molecular weight excluding hydrogens is 320 g/mol. The number of ether oxygens (including phenoxy) is 1. The van der Waals surface area contributed by atoms with Gasteiger partial charge in [0.05, 0.1) is 0 Å². The molecule has 0 spiro atoms. The molecular formula is C15H16N2O5S. The van der Waals surface area contributed by atoms with Crippen molar-refractivity contribution in [3.05, 3.63) is 29.8 Å². The normalized spacial score (nSPS) is 13.8. The van der Waals surface area contributed by atoms with Crippen molar-refractivity contribution in [1.82, 2.24) is 4.90 Å². The van der Waals surface area contributed by atoms with E-state index in [1.807, 2.05) is 0 Å². The summed E-state index contributed by atoms with van der Waals surface area (Å²) < 4.78 is 4.84. The average molecular weight is 336 g/mol. The van der Waals surface area contributed by atoms with Gasteiger partial charge < -0.3 is 15.0 Å². The lowest BCUT2D eigenvalue weighted by atomic mass is 10.1. The molecule has 1 aromatic carbocycles. The molecule has 7 nitrogen and oxygen atoms in total. The quantitative estimate of drug-likeness (QED) is 0.626. The van der Waals surface area contributed by atoms with Gasteiger partial charge in [0.2, 0.25) is 0 Å². The van der Waals surface area contributed by atoms with Crippen LogP contribution in [0.1, 0.15) is 17.3 Å². The van der Waals surface area contributed by atoms with E-state index >= 15 is 0 Å². The van der Waals surface area contributed by atoms with Gasteiger partial charge in [0.1, 0.15) is 6.54 Å². The topological polar surface area (TPSA) is 92.8 Å². The molecule has 23 heavy (non-hydrogen) atoms. The number of ketones is 1. The highest BCUT2D eigenvalue weighted by molar-refractivity contribution is 8.13. The van der Waals surface area contributed by atoms with Crippen LogP contribution in [0.5, 0.6) is 0 Å². The average Bonchev–Trinajstić information content (AvgIpc) is 2.90. The van der Waals surface area contributed by atoms with Crippen LogP contribution in [-0.4, -0.2) is 53.2 Å². The fourth-order valence-corrected chi connectivity index (χ4v) is 2.75. The molecule has 1 aliphatic heterocycles. The van der Waals surface area contributed by atoms with Gasteiger partial charge in [-0.3, -0.25) is 19.2 Å². The highest BCUT2D eigenvalue weighted by Crippen LogP contribution is 2.16. The molecule has 0 radical (unpaired) electrons. The Kier molecular flexibility index (Phi) is 5.75. The molecule has 0 atom stereocenters. The maximum atomic E-state index is 11.7. The lowest BCUT2D eigenvalue weighted by Crippen LogP contribution is -2.32. The Balaban J connectivity index is 1.78. The molecule has 0 aromatic heterocycles. The summed E-state index contributed by atoms with van der Waals surface area (Å²) in [5.74, 6) is -0.602. The zero-order valence-corrected chi connectivity index (χ0v) is 13.4. The maximum absolute atomic E-state index is 11.7. The van der Waals surface area contributed by atoms with Crippen LogP contribution >= 0.6 is 11.8 Å². The van der Waals surface area contributed by atoms with Crippen molar-refractivity contribution in [3.8, 4) is 0 Å². The molecule has 0 unspecified atom stereocenters.